The highest BCUT2D eigenvalue weighted by Gasteiger charge is 2.30. The van der Waals surface area contributed by atoms with Crippen LogP contribution >= 0.6 is 0 Å². The SMILES string of the molecule is Cn1c(CCc2ccc(C(=N)N)cc2)nc2cc(C(=O)N3CCC(NC(=O)Nc4ccc(C(F)(F)F)cc4)CC3)ccc21. The number of amidine groups is 1. The number of amides is 3. The molecule has 0 bridgehead atoms. The Hall–Kier alpha value is -4.87. The predicted octanol–water partition coefficient (Wildman–Crippen LogP) is 5.09. The molecule has 3 aromatic carbocycles. The van der Waals surface area contributed by atoms with Crippen molar-refractivity contribution in [1.82, 2.24) is 19.8 Å². The summed E-state index contributed by atoms with van der Waals surface area (Å²) in [6, 6.07) is 16.7. The molecule has 0 spiro atoms. The van der Waals surface area contributed by atoms with Gasteiger partial charge >= 0.3 is 12.2 Å². The fourth-order valence-corrected chi connectivity index (χ4v) is 5.22. The summed E-state index contributed by atoms with van der Waals surface area (Å²) in [5, 5.41) is 12.9. The maximum atomic E-state index is 13.3. The van der Waals surface area contributed by atoms with Gasteiger partial charge in [0.15, 0.2) is 0 Å². The molecule has 0 aliphatic carbocycles. The second-order valence-electron chi connectivity index (χ2n) is 10.6. The first-order valence-corrected chi connectivity index (χ1v) is 13.9. The Kier molecular flexibility index (Phi) is 8.38. The molecular weight excluding hydrogens is 559 g/mol. The number of rotatable bonds is 7. The first kappa shape index (κ1) is 29.6. The van der Waals surface area contributed by atoms with Gasteiger partial charge < -0.3 is 25.8 Å². The van der Waals surface area contributed by atoms with Crippen LogP contribution in [0, 0.1) is 5.41 Å². The van der Waals surface area contributed by atoms with E-state index in [-0.39, 0.29) is 23.5 Å². The summed E-state index contributed by atoms with van der Waals surface area (Å²) in [5.74, 6) is 0.833. The van der Waals surface area contributed by atoms with Gasteiger partial charge in [-0.15, -0.1) is 0 Å². The minimum absolute atomic E-state index is 0.0375. The molecule has 0 radical (unpaired) electrons. The number of imidazole rings is 1. The number of halogens is 3. The summed E-state index contributed by atoms with van der Waals surface area (Å²) in [6.45, 7) is 0.913. The third kappa shape index (κ3) is 6.96. The second-order valence-corrected chi connectivity index (χ2v) is 10.6. The van der Waals surface area contributed by atoms with Gasteiger partial charge in [-0.25, -0.2) is 9.78 Å². The number of likely N-dealkylation sites (tertiary alicyclic amines) is 1. The minimum Gasteiger partial charge on any atom is -0.384 e. The van der Waals surface area contributed by atoms with Crippen molar-refractivity contribution >= 4 is 34.5 Å². The van der Waals surface area contributed by atoms with Gasteiger partial charge in [0.1, 0.15) is 11.7 Å². The Labute approximate surface area is 246 Å². The largest absolute Gasteiger partial charge is 0.416 e. The van der Waals surface area contributed by atoms with Crippen LogP contribution in [0.5, 0.6) is 0 Å². The third-order valence-corrected chi connectivity index (χ3v) is 7.71. The molecule has 0 atom stereocenters. The van der Waals surface area contributed by atoms with Gasteiger partial charge in [0.05, 0.1) is 16.6 Å². The van der Waals surface area contributed by atoms with Gasteiger partial charge in [0.2, 0.25) is 0 Å². The highest BCUT2D eigenvalue weighted by atomic mass is 19.4. The number of nitrogens with zero attached hydrogens (tertiary/aromatic N) is 3. The molecule has 1 aromatic heterocycles. The lowest BCUT2D eigenvalue weighted by molar-refractivity contribution is -0.137. The summed E-state index contributed by atoms with van der Waals surface area (Å²) >= 11 is 0. The van der Waals surface area contributed by atoms with Crippen LogP contribution in [0.15, 0.2) is 66.7 Å². The number of anilines is 1. The van der Waals surface area contributed by atoms with Crippen LogP contribution in [0.4, 0.5) is 23.7 Å². The van der Waals surface area contributed by atoms with E-state index in [9.17, 15) is 22.8 Å². The van der Waals surface area contributed by atoms with Crippen LogP contribution in [0.25, 0.3) is 11.0 Å². The Morgan fingerprint density at radius 3 is 2.26 bits per heavy atom. The molecule has 1 saturated heterocycles. The molecule has 0 unspecified atom stereocenters. The number of carbonyl (C=O) groups is 2. The molecule has 9 nitrogen and oxygen atoms in total. The van der Waals surface area contributed by atoms with Crippen LogP contribution in [-0.4, -0.2) is 51.4 Å². The summed E-state index contributed by atoms with van der Waals surface area (Å²) in [5.41, 5.74) is 9.03. The molecule has 5 rings (SSSR count). The van der Waals surface area contributed by atoms with Gasteiger partial charge in [-0.3, -0.25) is 10.2 Å². The van der Waals surface area contributed by atoms with Gasteiger partial charge in [0, 0.05) is 49.4 Å². The Morgan fingerprint density at radius 1 is 0.977 bits per heavy atom. The molecule has 5 N–H and O–H groups in total. The van der Waals surface area contributed by atoms with Crippen molar-refractivity contribution in [2.45, 2.75) is 37.9 Å². The fourth-order valence-electron chi connectivity index (χ4n) is 5.22. The molecule has 1 aliphatic heterocycles. The summed E-state index contributed by atoms with van der Waals surface area (Å²) in [4.78, 5) is 32.2. The van der Waals surface area contributed by atoms with E-state index in [0.717, 1.165) is 41.0 Å². The maximum absolute atomic E-state index is 13.3. The van der Waals surface area contributed by atoms with E-state index in [2.05, 4.69) is 10.6 Å². The molecule has 12 heteroatoms. The predicted molar refractivity (Wildman–Crippen MR) is 158 cm³/mol. The van der Waals surface area contributed by atoms with E-state index in [1.807, 2.05) is 48.0 Å². The molecule has 1 fully saturated rings. The summed E-state index contributed by atoms with van der Waals surface area (Å²) in [7, 11) is 1.95. The average molecular weight is 592 g/mol. The Bertz CT molecular complexity index is 1640. The molecule has 4 aromatic rings. The van der Waals surface area contributed by atoms with Crippen molar-refractivity contribution in [1.29, 1.82) is 5.41 Å². The zero-order valence-corrected chi connectivity index (χ0v) is 23.5. The molecule has 224 valence electrons. The average Bonchev–Trinajstić information content (AvgIpc) is 3.30. The minimum atomic E-state index is -4.44. The van der Waals surface area contributed by atoms with Crippen molar-refractivity contribution < 1.29 is 22.8 Å². The lowest BCUT2D eigenvalue weighted by atomic mass is 10.0. The molecule has 2 heterocycles. The van der Waals surface area contributed by atoms with Crippen LogP contribution in [0.1, 0.15) is 45.7 Å². The summed E-state index contributed by atoms with van der Waals surface area (Å²) in [6.07, 6.45) is -1.86. The Morgan fingerprint density at radius 2 is 1.63 bits per heavy atom. The molecular formula is C31H32F3N7O2. The third-order valence-electron chi connectivity index (χ3n) is 7.71. The fraction of sp³-hybridized carbons (Fsp3) is 0.290. The van der Waals surface area contributed by atoms with E-state index in [4.69, 9.17) is 16.1 Å². The highest BCUT2D eigenvalue weighted by Crippen LogP contribution is 2.30. The number of nitrogens with one attached hydrogen (secondary N) is 3. The molecule has 1 aliphatic rings. The van der Waals surface area contributed by atoms with E-state index in [1.165, 1.54) is 12.1 Å². The van der Waals surface area contributed by atoms with Gasteiger partial charge in [0.25, 0.3) is 5.91 Å². The first-order chi connectivity index (χ1) is 20.5. The second kappa shape index (κ2) is 12.2. The van der Waals surface area contributed by atoms with Crippen LogP contribution < -0.4 is 16.4 Å². The summed E-state index contributed by atoms with van der Waals surface area (Å²) < 4.78 is 40.3. The number of benzene rings is 3. The van der Waals surface area contributed by atoms with E-state index in [1.54, 1.807) is 11.0 Å². The standard InChI is InChI=1S/C31H32F3N7O2/c1-40-26-12-7-21(18-25(26)39-27(40)13-4-19-2-5-20(6-3-19)28(35)36)29(42)41-16-14-24(15-17-41)38-30(43)37-23-10-8-22(9-11-23)31(32,33)34/h2-3,5-12,18,24H,4,13-17H2,1H3,(H3,35,36)(H2,37,38,43). The maximum Gasteiger partial charge on any atom is 0.416 e. The van der Waals surface area contributed by atoms with Crippen LogP contribution in [0.2, 0.25) is 0 Å². The zero-order chi connectivity index (χ0) is 30.7. The molecule has 0 saturated carbocycles. The normalized spacial score (nSPS) is 14.1. The number of hydrogen-bond donors (Lipinski definition) is 4. The Balaban J connectivity index is 1.14. The number of carbonyl (C=O) groups excluding carboxylic acids is 2. The van der Waals surface area contributed by atoms with E-state index < -0.39 is 17.8 Å². The lowest BCUT2D eigenvalue weighted by Gasteiger charge is -2.32. The van der Waals surface area contributed by atoms with Crippen molar-refractivity contribution in [2.24, 2.45) is 12.8 Å². The number of urea groups is 1. The number of piperidine rings is 1. The van der Waals surface area contributed by atoms with Crippen LogP contribution in [-0.2, 0) is 26.1 Å². The van der Waals surface area contributed by atoms with Gasteiger partial charge in [-0.2, -0.15) is 13.2 Å². The number of fused-ring (bicyclic) bond motifs is 1. The quantitative estimate of drug-likeness (QED) is 0.176. The number of hydrogen-bond acceptors (Lipinski definition) is 4. The smallest absolute Gasteiger partial charge is 0.384 e. The monoisotopic (exact) mass is 591 g/mol. The first-order valence-electron chi connectivity index (χ1n) is 13.9. The van der Waals surface area contributed by atoms with Crippen molar-refractivity contribution in [3.63, 3.8) is 0 Å². The van der Waals surface area contributed by atoms with E-state index in [0.29, 0.717) is 43.5 Å². The number of aromatic nitrogens is 2. The van der Waals surface area contributed by atoms with Gasteiger partial charge in [-0.05, 0) is 67.3 Å². The number of alkyl halides is 3. The van der Waals surface area contributed by atoms with Crippen LogP contribution in [0.3, 0.4) is 0 Å². The van der Waals surface area contributed by atoms with Crippen molar-refractivity contribution in [3.05, 3.63) is 94.8 Å². The van der Waals surface area contributed by atoms with Crippen molar-refractivity contribution in [2.75, 3.05) is 18.4 Å². The van der Waals surface area contributed by atoms with E-state index >= 15 is 0 Å². The zero-order valence-electron chi connectivity index (χ0n) is 23.5. The lowest BCUT2D eigenvalue weighted by Crippen LogP contribution is -2.47. The van der Waals surface area contributed by atoms with Crippen molar-refractivity contribution in [3.8, 4) is 0 Å². The molecule has 43 heavy (non-hydrogen) atoms. The topological polar surface area (TPSA) is 129 Å². The number of nitrogens with two attached hydrogens (primary N) is 1. The van der Waals surface area contributed by atoms with Gasteiger partial charge in [-0.1, -0.05) is 24.3 Å². The number of aryl methyl sites for hydroxylation is 3. The number of nitrogen functional groups attached to an aromatic ring is 1. The molecule has 3 amide bonds. The highest BCUT2D eigenvalue weighted by molar-refractivity contribution is 5.97.